The third-order valence-corrected chi connectivity index (χ3v) is 2.62. The maximum atomic E-state index is 11.0. The second kappa shape index (κ2) is 4.40. The fourth-order valence-corrected chi connectivity index (χ4v) is 1.89. The highest BCUT2D eigenvalue weighted by molar-refractivity contribution is 5.79. The molecule has 1 atom stereocenters. The second-order valence-corrected chi connectivity index (χ2v) is 4.16. The SMILES string of the molecule is Cc1cc(NC2CNC(=O)C2)cc([N+](=O)[O-])c1. The summed E-state index contributed by atoms with van der Waals surface area (Å²) in [6.45, 7) is 2.36. The maximum absolute atomic E-state index is 11.0. The molecule has 1 saturated heterocycles. The molecular weight excluding hydrogens is 222 g/mol. The van der Waals surface area contributed by atoms with E-state index >= 15 is 0 Å². The first-order chi connectivity index (χ1) is 8.04. The third-order valence-electron chi connectivity index (χ3n) is 2.62. The Morgan fingerprint density at radius 3 is 2.82 bits per heavy atom. The molecule has 1 fully saturated rings. The van der Waals surface area contributed by atoms with E-state index in [4.69, 9.17) is 0 Å². The molecule has 0 aliphatic carbocycles. The smallest absolute Gasteiger partial charge is 0.271 e. The number of anilines is 1. The van der Waals surface area contributed by atoms with Crippen LogP contribution in [0.1, 0.15) is 12.0 Å². The van der Waals surface area contributed by atoms with Gasteiger partial charge in [-0.2, -0.15) is 0 Å². The van der Waals surface area contributed by atoms with E-state index in [0.29, 0.717) is 18.7 Å². The molecule has 0 spiro atoms. The Hall–Kier alpha value is -2.11. The van der Waals surface area contributed by atoms with Gasteiger partial charge < -0.3 is 10.6 Å². The van der Waals surface area contributed by atoms with Gasteiger partial charge in [0.2, 0.25) is 5.91 Å². The van der Waals surface area contributed by atoms with Gasteiger partial charge in [0.25, 0.3) is 5.69 Å². The van der Waals surface area contributed by atoms with E-state index in [2.05, 4.69) is 10.6 Å². The molecule has 0 bridgehead atoms. The quantitative estimate of drug-likeness (QED) is 0.609. The van der Waals surface area contributed by atoms with Crippen LogP contribution in [-0.2, 0) is 4.79 Å². The number of carbonyl (C=O) groups excluding carboxylic acids is 1. The molecule has 0 aromatic heterocycles. The largest absolute Gasteiger partial charge is 0.380 e. The highest BCUT2D eigenvalue weighted by atomic mass is 16.6. The predicted octanol–water partition coefficient (Wildman–Crippen LogP) is 1.20. The summed E-state index contributed by atoms with van der Waals surface area (Å²) in [7, 11) is 0. The lowest BCUT2D eigenvalue weighted by Gasteiger charge is -2.12. The van der Waals surface area contributed by atoms with Crippen LogP contribution in [0.3, 0.4) is 0 Å². The number of non-ortho nitro benzene ring substituents is 1. The molecule has 1 heterocycles. The Balaban J connectivity index is 2.15. The number of rotatable bonds is 3. The van der Waals surface area contributed by atoms with Gasteiger partial charge >= 0.3 is 0 Å². The first-order valence-corrected chi connectivity index (χ1v) is 5.34. The fraction of sp³-hybridized carbons (Fsp3) is 0.364. The normalized spacial score (nSPS) is 18.9. The fourth-order valence-electron chi connectivity index (χ4n) is 1.89. The molecule has 1 aromatic rings. The van der Waals surface area contributed by atoms with E-state index in [1.165, 1.54) is 12.1 Å². The average Bonchev–Trinajstić information content (AvgIpc) is 2.63. The van der Waals surface area contributed by atoms with Crippen molar-refractivity contribution in [3.8, 4) is 0 Å². The van der Waals surface area contributed by atoms with Crippen molar-refractivity contribution in [2.24, 2.45) is 0 Å². The summed E-state index contributed by atoms with van der Waals surface area (Å²) < 4.78 is 0. The summed E-state index contributed by atoms with van der Waals surface area (Å²) in [5.41, 5.74) is 1.56. The molecule has 1 amide bonds. The second-order valence-electron chi connectivity index (χ2n) is 4.16. The minimum Gasteiger partial charge on any atom is -0.380 e. The minimum absolute atomic E-state index is 0.00361. The number of carbonyl (C=O) groups is 1. The van der Waals surface area contributed by atoms with E-state index in [0.717, 1.165) is 5.56 Å². The van der Waals surface area contributed by atoms with Crippen LogP contribution in [0.25, 0.3) is 0 Å². The van der Waals surface area contributed by atoms with E-state index in [9.17, 15) is 14.9 Å². The Morgan fingerprint density at radius 2 is 2.24 bits per heavy atom. The van der Waals surface area contributed by atoms with Crippen LogP contribution >= 0.6 is 0 Å². The number of nitro groups is 1. The molecule has 2 rings (SSSR count). The number of nitro benzene ring substituents is 1. The molecule has 1 aliphatic rings. The van der Waals surface area contributed by atoms with Crippen LogP contribution in [0.15, 0.2) is 18.2 Å². The molecule has 6 heteroatoms. The summed E-state index contributed by atoms with van der Waals surface area (Å²) >= 11 is 0. The summed E-state index contributed by atoms with van der Waals surface area (Å²) in [6, 6.07) is 4.83. The Bertz CT molecular complexity index is 473. The van der Waals surface area contributed by atoms with Crippen LogP contribution in [-0.4, -0.2) is 23.4 Å². The molecule has 6 nitrogen and oxygen atoms in total. The zero-order valence-corrected chi connectivity index (χ0v) is 9.40. The van der Waals surface area contributed by atoms with Gasteiger partial charge in [-0.25, -0.2) is 0 Å². The number of nitrogens with zero attached hydrogens (tertiary/aromatic N) is 1. The Labute approximate surface area is 98.2 Å². The average molecular weight is 235 g/mol. The van der Waals surface area contributed by atoms with Crippen molar-refractivity contribution in [2.45, 2.75) is 19.4 Å². The first-order valence-electron chi connectivity index (χ1n) is 5.34. The Kier molecular flexibility index (Phi) is 2.95. The van der Waals surface area contributed by atoms with Crippen molar-refractivity contribution in [3.63, 3.8) is 0 Å². The van der Waals surface area contributed by atoms with Crippen molar-refractivity contribution in [3.05, 3.63) is 33.9 Å². The van der Waals surface area contributed by atoms with Crippen molar-refractivity contribution >= 4 is 17.3 Å². The van der Waals surface area contributed by atoms with Crippen LogP contribution in [0.2, 0.25) is 0 Å². The zero-order chi connectivity index (χ0) is 12.4. The summed E-state index contributed by atoms with van der Waals surface area (Å²) in [5, 5.41) is 16.5. The molecular formula is C11H13N3O3. The molecule has 0 saturated carbocycles. The van der Waals surface area contributed by atoms with Gasteiger partial charge in [-0.15, -0.1) is 0 Å². The number of aryl methyl sites for hydroxylation is 1. The van der Waals surface area contributed by atoms with Gasteiger partial charge in [0, 0.05) is 30.8 Å². The lowest BCUT2D eigenvalue weighted by atomic mass is 10.1. The monoisotopic (exact) mass is 235 g/mol. The van der Waals surface area contributed by atoms with Crippen LogP contribution in [0.4, 0.5) is 11.4 Å². The molecule has 1 aromatic carbocycles. The van der Waals surface area contributed by atoms with E-state index in [1.54, 1.807) is 6.92 Å². The highest BCUT2D eigenvalue weighted by Crippen LogP contribution is 2.21. The first kappa shape index (κ1) is 11.4. The number of nitrogens with one attached hydrogen (secondary N) is 2. The lowest BCUT2D eigenvalue weighted by molar-refractivity contribution is -0.384. The van der Waals surface area contributed by atoms with E-state index in [1.807, 2.05) is 6.07 Å². The number of hydrogen-bond acceptors (Lipinski definition) is 4. The highest BCUT2D eigenvalue weighted by Gasteiger charge is 2.21. The topological polar surface area (TPSA) is 84.3 Å². The van der Waals surface area contributed by atoms with Crippen LogP contribution in [0.5, 0.6) is 0 Å². The summed E-state index contributed by atoms with van der Waals surface area (Å²) in [5.74, 6) is 0.00431. The lowest BCUT2D eigenvalue weighted by Crippen LogP contribution is -2.22. The zero-order valence-electron chi connectivity index (χ0n) is 9.40. The molecule has 90 valence electrons. The summed E-state index contributed by atoms with van der Waals surface area (Å²) in [4.78, 5) is 21.3. The van der Waals surface area contributed by atoms with E-state index < -0.39 is 4.92 Å². The predicted molar refractivity (Wildman–Crippen MR) is 62.9 cm³/mol. The summed E-state index contributed by atoms with van der Waals surface area (Å²) in [6.07, 6.45) is 0.405. The van der Waals surface area contributed by atoms with Crippen molar-refractivity contribution in [2.75, 3.05) is 11.9 Å². The molecule has 0 radical (unpaired) electrons. The Morgan fingerprint density at radius 1 is 1.47 bits per heavy atom. The molecule has 17 heavy (non-hydrogen) atoms. The van der Waals surface area contributed by atoms with Gasteiger partial charge in [-0.1, -0.05) is 0 Å². The molecule has 1 aliphatic heterocycles. The maximum Gasteiger partial charge on any atom is 0.271 e. The van der Waals surface area contributed by atoms with Gasteiger partial charge in [0.1, 0.15) is 0 Å². The van der Waals surface area contributed by atoms with Gasteiger partial charge in [-0.05, 0) is 18.6 Å². The standard InChI is InChI=1S/C11H13N3O3/c1-7-2-8(4-10(3-7)14(16)17)13-9-5-11(15)12-6-9/h2-4,9,13H,5-6H2,1H3,(H,12,15). The van der Waals surface area contributed by atoms with Crippen molar-refractivity contribution in [1.82, 2.24) is 5.32 Å². The minimum atomic E-state index is -0.420. The van der Waals surface area contributed by atoms with Gasteiger partial charge in [-0.3, -0.25) is 14.9 Å². The van der Waals surface area contributed by atoms with Crippen molar-refractivity contribution in [1.29, 1.82) is 0 Å². The number of amides is 1. The van der Waals surface area contributed by atoms with E-state index in [-0.39, 0.29) is 17.6 Å². The number of hydrogen-bond donors (Lipinski definition) is 2. The van der Waals surface area contributed by atoms with Crippen LogP contribution in [0, 0.1) is 17.0 Å². The third kappa shape index (κ3) is 2.72. The van der Waals surface area contributed by atoms with Crippen molar-refractivity contribution < 1.29 is 9.72 Å². The van der Waals surface area contributed by atoms with Gasteiger partial charge in [0.15, 0.2) is 0 Å². The van der Waals surface area contributed by atoms with Gasteiger partial charge in [0.05, 0.1) is 11.0 Å². The number of benzene rings is 1. The molecule has 2 N–H and O–H groups in total. The van der Waals surface area contributed by atoms with Crippen LogP contribution < -0.4 is 10.6 Å². The molecule has 1 unspecified atom stereocenters.